The van der Waals surface area contributed by atoms with E-state index in [4.69, 9.17) is 16.3 Å². The molecular formula is C21H16ClNO3S. The molecular weight excluding hydrogens is 382 g/mol. The monoisotopic (exact) mass is 397 g/mol. The number of carbonyl (C=O) groups is 2. The van der Waals surface area contributed by atoms with E-state index in [1.165, 1.54) is 17.4 Å². The lowest BCUT2D eigenvalue weighted by Gasteiger charge is -2.16. The van der Waals surface area contributed by atoms with E-state index in [0.717, 1.165) is 32.6 Å². The minimum atomic E-state index is -0.565. The average molecular weight is 398 g/mol. The molecule has 0 atom stereocenters. The summed E-state index contributed by atoms with van der Waals surface area (Å²) >= 11 is 7.85. The van der Waals surface area contributed by atoms with Crippen LogP contribution in [0.15, 0.2) is 54.6 Å². The summed E-state index contributed by atoms with van der Waals surface area (Å²) < 4.78 is 6.17. The van der Waals surface area contributed by atoms with Gasteiger partial charge in [0.15, 0.2) is 6.61 Å². The molecule has 27 heavy (non-hydrogen) atoms. The number of nitrogens with zero attached hydrogens (tertiary/aromatic N) is 1. The number of para-hydroxylation sites is 1. The number of rotatable bonds is 4. The number of amides is 1. The van der Waals surface area contributed by atoms with E-state index in [-0.39, 0.29) is 12.5 Å². The first-order chi connectivity index (χ1) is 13.1. The van der Waals surface area contributed by atoms with Crippen molar-refractivity contribution in [1.82, 2.24) is 0 Å². The summed E-state index contributed by atoms with van der Waals surface area (Å²) in [6.07, 6.45) is 3.76. The molecule has 6 heteroatoms. The quantitative estimate of drug-likeness (QED) is 0.473. The highest BCUT2D eigenvalue weighted by atomic mass is 35.5. The van der Waals surface area contributed by atoms with Crippen LogP contribution in [0, 0.1) is 0 Å². The van der Waals surface area contributed by atoms with Gasteiger partial charge in [-0.1, -0.05) is 48.0 Å². The molecule has 2 heterocycles. The molecule has 136 valence electrons. The van der Waals surface area contributed by atoms with Gasteiger partial charge in [0.1, 0.15) is 0 Å². The van der Waals surface area contributed by atoms with Gasteiger partial charge in [-0.3, -0.25) is 4.79 Å². The molecule has 0 spiro atoms. The van der Waals surface area contributed by atoms with E-state index in [9.17, 15) is 9.59 Å². The number of carbonyl (C=O) groups excluding carboxylic acids is 2. The summed E-state index contributed by atoms with van der Waals surface area (Å²) in [5.41, 5.74) is 2.03. The van der Waals surface area contributed by atoms with Gasteiger partial charge in [0.25, 0.3) is 5.91 Å². The lowest BCUT2D eigenvalue weighted by atomic mass is 10.2. The molecule has 4 rings (SSSR count). The van der Waals surface area contributed by atoms with Crippen molar-refractivity contribution in [3.05, 3.63) is 70.1 Å². The lowest BCUT2D eigenvalue weighted by Crippen LogP contribution is -2.33. The maximum absolute atomic E-state index is 12.4. The first-order valence-electron chi connectivity index (χ1n) is 8.53. The van der Waals surface area contributed by atoms with E-state index in [0.29, 0.717) is 11.6 Å². The average Bonchev–Trinajstić information content (AvgIpc) is 3.26. The molecule has 0 bridgehead atoms. The van der Waals surface area contributed by atoms with Gasteiger partial charge < -0.3 is 9.64 Å². The lowest BCUT2D eigenvalue weighted by molar-refractivity contribution is -0.142. The summed E-state index contributed by atoms with van der Waals surface area (Å²) in [5.74, 6) is -0.786. The number of anilines is 1. The highest BCUT2D eigenvalue weighted by Crippen LogP contribution is 2.35. The second-order valence-electron chi connectivity index (χ2n) is 6.14. The fraction of sp³-hybridized carbons (Fsp3) is 0.143. The van der Waals surface area contributed by atoms with Crippen LogP contribution in [-0.2, 0) is 20.7 Å². The Hall–Kier alpha value is -2.63. The standard InChI is InChI=1S/C21H16ClNO3S/c22-21-15-6-2-4-8-17(15)27-18(21)9-10-20(25)26-13-19(24)23-12-11-14-5-1-3-7-16(14)23/h1-10H,11-13H2/b10-9+. The van der Waals surface area contributed by atoms with Crippen LogP contribution >= 0.6 is 22.9 Å². The molecule has 0 saturated carbocycles. The molecule has 4 nitrogen and oxygen atoms in total. The maximum Gasteiger partial charge on any atom is 0.331 e. The summed E-state index contributed by atoms with van der Waals surface area (Å²) in [6.45, 7) is 0.334. The fourth-order valence-corrected chi connectivity index (χ4v) is 4.54. The number of esters is 1. The number of halogens is 1. The SMILES string of the molecule is O=C(/C=C/c1sc2ccccc2c1Cl)OCC(=O)N1CCc2ccccc21. The third-order valence-electron chi connectivity index (χ3n) is 4.46. The highest BCUT2D eigenvalue weighted by Gasteiger charge is 2.24. The van der Waals surface area contributed by atoms with E-state index in [1.54, 1.807) is 11.0 Å². The number of ether oxygens (including phenoxy) is 1. The summed E-state index contributed by atoms with van der Waals surface area (Å²) in [7, 11) is 0. The molecule has 3 aromatic rings. The molecule has 0 aliphatic carbocycles. The van der Waals surface area contributed by atoms with Crippen LogP contribution in [0.3, 0.4) is 0 Å². The Morgan fingerprint density at radius 1 is 1.15 bits per heavy atom. The van der Waals surface area contributed by atoms with Gasteiger partial charge in [-0.2, -0.15) is 0 Å². The van der Waals surface area contributed by atoms with E-state index < -0.39 is 5.97 Å². The topological polar surface area (TPSA) is 46.6 Å². The zero-order valence-electron chi connectivity index (χ0n) is 14.4. The van der Waals surface area contributed by atoms with Gasteiger partial charge in [-0.15, -0.1) is 11.3 Å². The molecule has 1 aliphatic heterocycles. The van der Waals surface area contributed by atoms with Gasteiger partial charge in [-0.05, 0) is 30.2 Å². The summed E-state index contributed by atoms with van der Waals surface area (Å²) in [5, 5.41) is 1.57. The number of hydrogen-bond acceptors (Lipinski definition) is 4. The van der Waals surface area contributed by atoms with Crippen LogP contribution in [0.2, 0.25) is 5.02 Å². The van der Waals surface area contributed by atoms with Gasteiger partial charge >= 0.3 is 5.97 Å². The Morgan fingerprint density at radius 3 is 2.78 bits per heavy atom. The van der Waals surface area contributed by atoms with E-state index in [1.807, 2.05) is 48.5 Å². The van der Waals surface area contributed by atoms with Crippen molar-refractivity contribution < 1.29 is 14.3 Å². The van der Waals surface area contributed by atoms with Gasteiger partial charge in [0, 0.05) is 33.3 Å². The second kappa shape index (κ2) is 7.55. The number of benzene rings is 2. The van der Waals surface area contributed by atoms with Crippen LogP contribution < -0.4 is 4.90 Å². The van der Waals surface area contributed by atoms with Crippen molar-refractivity contribution in [2.45, 2.75) is 6.42 Å². The zero-order valence-corrected chi connectivity index (χ0v) is 15.9. The number of thiophene rings is 1. The van der Waals surface area contributed by atoms with Gasteiger partial charge in [0.2, 0.25) is 0 Å². The summed E-state index contributed by atoms with van der Waals surface area (Å²) in [6, 6.07) is 15.6. The molecule has 0 radical (unpaired) electrons. The minimum Gasteiger partial charge on any atom is -0.452 e. The smallest absolute Gasteiger partial charge is 0.331 e. The number of hydrogen-bond donors (Lipinski definition) is 0. The highest BCUT2D eigenvalue weighted by molar-refractivity contribution is 7.20. The van der Waals surface area contributed by atoms with Gasteiger partial charge in [-0.25, -0.2) is 4.79 Å². The van der Waals surface area contributed by atoms with E-state index in [2.05, 4.69) is 0 Å². The van der Waals surface area contributed by atoms with E-state index >= 15 is 0 Å². The third-order valence-corrected chi connectivity index (χ3v) is 6.11. The molecule has 0 saturated heterocycles. The summed E-state index contributed by atoms with van der Waals surface area (Å²) in [4.78, 5) is 26.8. The molecule has 1 amide bonds. The number of fused-ring (bicyclic) bond motifs is 2. The second-order valence-corrected chi connectivity index (χ2v) is 7.60. The predicted octanol–water partition coefficient (Wildman–Crippen LogP) is 4.70. The Kier molecular flexibility index (Phi) is 4.97. The predicted molar refractivity (Wildman–Crippen MR) is 109 cm³/mol. The molecule has 0 unspecified atom stereocenters. The van der Waals surface area contributed by atoms with Crippen molar-refractivity contribution in [3.63, 3.8) is 0 Å². The van der Waals surface area contributed by atoms with Crippen LogP contribution in [0.5, 0.6) is 0 Å². The Bertz CT molecular complexity index is 1060. The van der Waals surface area contributed by atoms with Crippen LogP contribution in [0.1, 0.15) is 10.4 Å². The minimum absolute atomic E-state index is 0.221. The van der Waals surface area contributed by atoms with Crippen LogP contribution in [0.4, 0.5) is 5.69 Å². The van der Waals surface area contributed by atoms with Crippen molar-refractivity contribution in [2.75, 3.05) is 18.1 Å². The first-order valence-corrected chi connectivity index (χ1v) is 9.73. The molecule has 2 aromatic carbocycles. The van der Waals surface area contributed by atoms with Gasteiger partial charge in [0.05, 0.1) is 5.02 Å². The fourth-order valence-electron chi connectivity index (χ4n) is 3.14. The molecule has 1 aliphatic rings. The zero-order chi connectivity index (χ0) is 18.8. The Labute approximate surface area is 165 Å². The third kappa shape index (κ3) is 3.61. The van der Waals surface area contributed by atoms with Crippen molar-refractivity contribution in [1.29, 1.82) is 0 Å². The van der Waals surface area contributed by atoms with Crippen molar-refractivity contribution >= 4 is 56.7 Å². The molecule has 0 N–H and O–H groups in total. The van der Waals surface area contributed by atoms with Crippen molar-refractivity contribution in [2.24, 2.45) is 0 Å². The Balaban J connectivity index is 1.37. The van der Waals surface area contributed by atoms with Crippen molar-refractivity contribution in [3.8, 4) is 0 Å². The normalized spacial score (nSPS) is 13.3. The first kappa shape index (κ1) is 17.8. The van der Waals surface area contributed by atoms with Crippen LogP contribution in [0.25, 0.3) is 16.2 Å². The molecule has 0 fully saturated rings. The molecule has 1 aromatic heterocycles. The Morgan fingerprint density at radius 2 is 1.93 bits per heavy atom. The maximum atomic E-state index is 12.4. The van der Waals surface area contributed by atoms with Crippen LogP contribution in [-0.4, -0.2) is 25.0 Å². The largest absolute Gasteiger partial charge is 0.452 e.